The number of hydrogen-bond acceptors (Lipinski definition) is 3. The lowest BCUT2D eigenvalue weighted by molar-refractivity contribution is 0.0338. The van der Waals surface area contributed by atoms with Crippen LogP contribution in [0.5, 0.6) is 5.75 Å². The minimum atomic E-state index is -0.121. The Morgan fingerprint density at radius 3 is 2.60 bits per heavy atom. The van der Waals surface area contributed by atoms with Gasteiger partial charge < -0.3 is 14.7 Å². The van der Waals surface area contributed by atoms with Gasteiger partial charge in [0.05, 0.1) is 13.2 Å². The van der Waals surface area contributed by atoms with E-state index in [9.17, 15) is 5.11 Å². The van der Waals surface area contributed by atoms with E-state index in [1.54, 1.807) is 7.11 Å². The first-order chi connectivity index (χ1) is 9.58. The van der Waals surface area contributed by atoms with E-state index in [2.05, 4.69) is 31.0 Å². The average molecular weight is 277 g/mol. The maximum atomic E-state index is 10.1. The van der Waals surface area contributed by atoms with E-state index in [0.29, 0.717) is 5.92 Å². The highest BCUT2D eigenvalue weighted by Gasteiger charge is 2.27. The Kier molecular flexibility index (Phi) is 5.44. The first kappa shape index (κ1) is 15.3. The topological polar surface area (TPSA) is 32.7 Å². The highest BCUT2D eigenvalue weighted by atomic mass is 16.5. The fraction of sp³-hybridized carbons (Fsp3) is 0.647. The van der Waals surface area contributed by atoms with Gasteiger partial charge >= 0.3 is 0 Å². The molecule has 3 atom stereocenters. The lowest BCUT2D eigenvalue weighted by Crippen LogP contribution is -2.36. The normalized spacial score (nSPS) is 26.8. The van der Waals surface area contributed by atoms with Crippen LogP contribution in [-0.2, 0) is 6.54 Å². The van der Waals surface area contributed by atoms with Gasteiger partial charge in [0.15, 0.2) is 0 Å². The van der Waals surface area contributed by atoms with Gasteiger partial charge in [0.2, 0.25) is 0 Å². The minimum absolute atomic E-state index is 0.121. The van der Waals surface area contributed by atoms with E-state index in [0.717, 1.165) is 37.6 Å². The monoisotopic (exact) mass is 277 g/mol. The van der Waals surface area contributed by atoms with Gasteiger partial charge in [-0.2, -0.15) is 0 Å². The molecular formula is C17H27NO2. The first-order valence-corrected chi connectivity index (χ1v) is 7.58. The number of nitrogens with zero attached hydrogens (tertiary/aromatic N) is 1. The summed E-state index contributed by atoms with van der Waals surface area (Å²) in [7, 11) is 3.82. The highest BCUT2D eigenvalue weighted by Crippen LogP contribution is 2.29. The van der Waals surface area contributed by atoms with Crippen molar-refractivity contribution in [3.05, 3.63) is 29.8 Å². The van der Waals surface area contributed by atoms with Gasteiger partial charge in [0.1, 0.15) is 5.75 Å². The van der Waals surface area contributed by atoms with Crippen LogP contribution in [0.15, 0.2) is 24.3 Å². The predicted octanol–water partition coefficient (Wildman–Crippen LogP) is 2.92. The van der Waals surface area contributed by atoms with Crippen LogP contribution in [0.1, 0.15) is 31.7 Å². The molecule has 1 aromatic carbocycles. The first-order valence-electron chi connectivity index (χ1n) is 7.58. The van der Waals surface area contributed by atoms with Crippen molar-refractivity contribution in [2.75, 3.05) is 20.7 Å². The van der Waals surface area contributed by atoms with Crippen LogP contribution in [0.4, 0.5) is 0 Å². The summed E-state index contributed by atoms with van der Waals surface area (Å²) in [5, 5.41) is 10.1. The van der Waals surface area contributed by atoms with Gasteiger partial charge in [0, 0.05) is 13.1 Å². The molecule has 0 saturated heterocycles. The molecule has 0 spiro atoms. The summed E-state index contributed by atoms with van der Waals surface area (Å²) in [5.41, 5.74) is 1.28. The summed E-state index contributed by atoms with van der Waals surface area (Å²) in [5.74, 6) is 2.06. The predicted molar refractivity (Wildman–Crippen MR) is 81.8 cm³/mol. The Morgan fingerprint density at radius 1 is 1.25 bits per heavy atom. The number of methoxy groups -OCH3 is 1. The summed E-state index contributed by atoms with van der Waals surface area (Å²) in [6, 6.07) is 8.21. The van der Waals surface area contributed by atoms with Crippen molar-refractivity contribution in [3.63, 3.8) is 0 Å². The van der Waals surface area contributed by atoms with Crippen LogP contribution < -0.4 is 4.74 Å². The zero-order valence-electron chi connectivity index (χ0n) is 12.9. The van der Waals surface area contributed by atoms with Gasteiger partial charge in [-0.15, -0.1) is 0 Å². The van der Waals surface area contributed by atoms with Gasteiger partial charge in [0.25, 0.3) is 0 Å². The zero-order chi connectivity index (χ0) is 14.5. The average Bonchev–Trinajstić information content (AvgIpc) is 2.43. The molecule has 1 saturated carbocycles. The summed E-state index contributed by atoms with van der Waals surface area (Å²) in [6.45, 7) is 4.18. The second-order valence-electron chi connectivity index (χ2n) is 6.29. The smallest absolute Gasteiger partial charge is 0.118 e. The number of ether oxygens (including phenoxy) is 1. The Bertz CT molecular complexity index is 404. The molecule has 0 radical (unpaired) electrons. The van der Waals surface area contributed by atoms with Crippen molar-refractivity contribution in [2.24, 2.45) is 11.8 Å². The van der Waals surface area contributed by atoms with E-state index in [1.165, 1.54) is 12.0 Å². The van der Waals surface area contributed by atoms with Crippen LogP contribution in [0, 0.1) is 11.8 Å². The van der Waals surface area contributed by atoms with E-state index >= 15 is 0 Å². The molecule has 1 fully saturated rings. The van der Waals surface area contributed by atoms with Crippen LogP contribution in [0.2, 0.25) is 0 Å². The van der Waals surface area contributed by atoms with Gasteiger partial charge in [-0.3, -0.25) is 0 Å². The number of benzene rings is 1. The third-order valence-corrected chi connectivity index (χ3v) is 4.36. The van der Waals surface area contributed by atoms with E-state index in [-0.39, 0.29) is 6.10 Å². The van der Waals surface area contributed by atoms with Crippen molar-refractivity contribution in [1.29, 1.82) is 0 Å². The van der Waals surface area contributed by atoms with Crippen LogP contribution in [0.25, 0.3) is 0 Å². The van der Waals surface area contributed by atoms with Crippen molar-refractivity contribution in [2.45, 2.75) is 38.8 Å². The van der Waals surface area contributed by atoms with Gasteiger partial charge in [-0.1, -0.05) is 19.1 Å². The summed E-state index contributed by atoms with van der Waals surface area (Å²) < 4.78 is 5.17. The second kappa shape index (κ2) is 7.09. The third-order valence-electron chi connectivity index (χ3n) is 4.36. The molecule has 3 unspecified atom stereocenters. The summed E-state index contributed by atoms with van der Waals surface area (Å²) in [4.78, 5) is 2.31. The second-order valence-corrected chi connectivity index (χ2v) is 6.29. The maximum absolute atomic E-state index is 10.1. The molecule has 1 N–H and O–H groups in total. The largest absolute Gasteiger partial charge is 0.497 e. The lowest BCUT2D eigenvalue weighted by Gasteiger charge is -2.34. The van der Waals surface area contributed by atoms with Crippen LogP contribution in [0.3, 0.4) is 0 Å². The molecule has 3 heteroatoms. The van der Waals surface area contributed by atoms with Crippen molar-refractivity contribution in [3.8, 4) is 5.75 Å². The van der Waals surface area contributed by atoms with E-state index in [1.807, 2.05) is 12.1 Å². The molecule has 1 aliphatic rings. The molecule has 0 heterocycles. The van der Waals surface area contributed by atoms with Crippen LogP contribution >= 0.6 is 0 Å². The quantitative estimate of drug-likeness (QED) is 0.898. The molecule has 20 heavy (non-hydrogen) atoms. The van der Waals surface area contributed by atoms with Gasteiger partial charge in [-0.25, -0.2) is 0 Å². The Labute approximate surface area is 122 Å². The number of aliphatic hydroxyl groups excluding tert-OH is 1. The third kappa shape index (κ3) is 4.22. The summed E-state index contributed by atoms with van der Waals surface area (Å²) in [6.07, 6.45) is 3.15. The molecular weight excluding hydrogens is 250 g/mol. The van der Waals surface area contributed by atoms with Crippen molar-refractivity contribution >= 4 is 0 Å². The molecule has 112 valence electrons. The molecule has 3 nitrogen and oxygen atoms in total. The Balaban J connectivity index is 1.86. The van der Waals surface area contributed by atoms with Gasteiger partial charge in [-0.05, 0) is 55.8 Å². The minimum Gasteiger partial charge on any atom is -0.497 e. The SMILES string of the molecule is COc1ccc(CN(C)CC2CC(C)CCC2O)cc1. The molecule has 0 amide bonds. The molecule has 0 aliphatic heterocycles. The van der Waals surface area contributed by atoms with E-state index in [4.69, 9.17) is 4.74 Å². The van der Waals surface area contributed by atoms with E-state index < -0.39 is 0 Å². The molecule has 0 aromatic heterocycles. The molecule has 1 aromatic rings. The number of rotatable bonds is 5. The fourth-order valence-corrected chi connectivity index (χ4v) is 3.19. The molecule has 2 rings (SSSR count). The maximum Gasteiger partial charge on any atom is 0.118 e. The Morgan fingerprint density at radius 2 is 1.95 bits per heavy atom. The molecule has 1 aliphatic carbocycles. The fourth-order valence-electron chi connectivity index (χ4n) is 3.19. The number of aliphatic hydroxyl groups is 1. The van der Waals surface area contributed by atoms with Crippen molar-refractivity contribution in [1.82, 2.24) is 4.90 Å². The standard InChI is InChI=1S/C17H27NO2/c1-13-4-9-17(19)15(10-13)12-18(2)11-14-5-7-16(20-3)8-6-14/h5-8,13,15,17,19H,4,9-12H2,1-3H3. The zero-order valence-corrected chi connectivity index (χ0v) is 12.9. The van der Waals surface area contributed by atoms with Crippen molar-refractivity contribution < 1.29 is 9.84 Å². The summed E-state index contributed by atoms with van der Waals surface area (Å²) >= 11 is 0. The Hall–Kier alpha value is -1.06. The highest BCUT2D eigenvalue weighted by molar-refractivity contribution is 5.27. The number of hydrogen-bond donors (Lipinski definition) is 1. The van der Waals surface area contributed by atoms with Crippen LogP contribution in [-0.4, -0.2) is 36.8 Å². The lowest BCUT2D eigenvalue weighted by atomic mass is 9.80. The molecule has 0 bridgehead atoms.